The molecule has 0 radical (unpaired) electrons. The summed E-state index contributed by atoms with van der Waals surface area (Å²) in [5.74, 6) is 0.176. The van der Waals surface area contributed by atoms with Gasteiger partial charge in [-0.3, -0.25) is 4.79 Å². The Hall–Kier alpha value is -1.60. The molecule has 124 valence electrons. The van der Waals surface area contributed by atoms with Crippen LogP contribution in [0.2, 0.25) is 0 Å². The first-order chi connectivity index (χ1) is 10.4. The van der Waals surface area contributed by atoms with E-state index in [0.29, 0.717) is 13.0 Å². The average Bonchev–Trinajstić information content (AvgIpc) is 2.45. The van der Waals surface area contributed by atoms with Gasteiger partial charge >= 0.3 is 10.3 Å². The van der Waals surface area contributed by atoms with E-state index in [4.69, 9.17) is 5.14 Å². The van der Waals surface area contributed by atoms with Gasteiger partial charge in [-0.05, 0) is 24.1 Å². The summed E-state index contributed by atoms with van der Waals surface area (Å²) in [6, 6.07) is 6.36. The molecule has 1 rings (SSSR count). The number of hydrogen-bond acceptors (Lipinski definition) is 4. The molecule has 0 aliphatic rings. The third-order valence-corrected chi connectivity index (χ3v) is 3.56. The van der Waals surface area contributed by atoms with E-state index in [1.165, 1.54) is 31.4 Å². The van der Waals surface area contributed by atoms with Gasteiger partial charge in [0.05, 0.1) is 0 Å². The Labute approximate surface area is 132 Å². The third-order valence-electron chi connectivity index (χ3n) is 3.13. The zero-order chi connectivity index (χ0) is 16.4. The van der Waals surface area contributed by atoms with Crippen LogP contribution < -0.4 is 14.6 Å². The lowest BCUT2D eigenvalue weighted by atomic mass is 10.1. The third kappa shape index (κ3) is 8.63. The van der Waals surface area contributed by atoms with Crippen molar-refractivity contribution in [3.63, 3.8) is 0 Å². The van der Waals surface area contributed by atoms with Crippen molar-refractivity contribution >= 4 is 16.2 Å². The molecule has 0 spiro atoms. The van der Waals surface area contributed by atoms with Crippen LogP contribution in [-0.2, 0) is 21.6 Å². The Bertz CT molecular complexity index is 555. The number of carbonyl (C=O) groups excluding carboxylic acids is 1. The summed E-state index contributed by atoms with van der Waals surface area (Å²) in [6.45, 7) is 2.56. The van der Waals surface area contributed by atoms with E-state index >= 15 is 0 Å². The average molecular weight is 328 g/mol. The number of amides is 1. The van der Waals surface area contributed by atoms with E-state index in [-0.39, 0.29) is 11.7 Å². The van der Waals surface area contributed by atoms with Crippen molar-refractivity contribution in [2.75, 3.05) is 0 Å². The standard InChI is InChI=1S/C15H24N2O4S/c1-2-3-4-5-6-7-15(18)17-12-13-8-10-14(11-9-13)21-22(16,19)20/h8-11H,2-7,12H2,1H3,(H,17,18)(H2,16,19,20). The van der Waals surface area contributed by atoms with Crippen molar-refractivity contribution in [2.24, 2.45) is 5.14 Å². The molecule has 0 saturated heterocycles. The summed E-state index contributed by atoms with van der Waals surface area (Å²) in [5, 5.41) is 7.61. The van der Waals surface area contributed by atoms with Crippen molar-refractivity contribution in [3.05, 3.63) is 29.8 Å². The zero-order valence-electron chi connectivity index (χ0n) is 12.9. The van der Waals surface area contributed by atoms with E-state index in [0.717, 1.165) is 18.4 Å². The van der Waals surface area contributed by atoms with Crippen LogP contribution in [0.1, 0.15) is 51.0 Å². The summed E-state index contributed by atoms with van der Waals surface area (Å²) >= 11 is 0. The molecule has 6 nitrogen and oxygen atoms in total. The zero-order valence-corrected chi connectivity index (χ0v) is 13.7. The van der Waals surface area contributed by atoms with Crippen LogP contribution in [0.3, 0.4) is 0 Å². The number of unbranched alkanes of at least 4 members (excludes halogenated alkanes) is 4. The van der Waals surface area contributed by atoms with E-state index in [2.05, 4.69) is 16.4 Å². The van der Waals surface area contributed by atoms with Crippen molar-refractivity contribution in [2.45, 2.75) is 52.0 Å². The lowest BCUT2D eigenvalue weighted by Crippen LogP contribution is -2.22. The molecule has 0 bridgehead atoms. The van der Waals surface area contributed by atoms with E-state index in [1.54, 1.807) is 12.1 Å². The van der Waals surface area contributed by atoms with Crippen LogP contribution in [0, 0.1) is 0 Å². The number of rotatable bonds is 10. The molecule has 0 atom stereocenters. The normalized spacial score (nSPS) is 11.2. The van der Waals surface area contributed by atoms with Crippen molar-refractivity contribution in [3.8, 4) is 5.75 Å². The highest BCUT2D eigenvalue weighted by Gasteiger charge is 2.05. The second kappa shape index (κ2) is 9.42. The monoisotopic (exact) mass is 328 g/mol. The molecule has 0 aliphatic carbocycles. The van der Waals surface area contributed by atoms with Gasteiger partial charge in [-0.1, -0.05) is 44.7 Å². The number of carbonyl (C=O) groups is 1. The maximum absolute atomic E-state index is 11.7. The molecule has 1 aromatic carbocycles. The quantitative estimate of drug-likeness (QED) is 0.643. The lowest BCUT2D eigenvalue weighted by Gasteiger charge is -2.07. The number of nitrogens with two attached hydrogens (primary N) is 1. The van der Waals surface area contributed by atoms with Crippen LogP contribution in [0.4, 0.5) is 0 Å². The first-order valence-electron chi connectivity index (χ1n) is 7.48. The first-order valence-corrected chi connectivity index (χ1v) is 8.95. The van der Waals surface area contributed by atoms with Crippen molar-refractivity contribution in [1.29, 1.82) is 0 Å². The minimum Gasteiger partial charge on any atom is -0.371 e. The number of nitrogens with one attached hydrogen (secondary N) is 1. The smallest absolute Gasteiger partial charge is 0.371 e. The van der Waals surface area contributed by atoms with Crippen molar-refractivity contribution in [1.82, 2.24) is 5.32 Å². The second-order valence-corrected chi connectivity index (χ2v) is 6.31. The molecule has 0 unspecified atom stereocenters. The highest BCUT2D eigenvalue weighted by atomic mass is 32.2. The van der Waals surface area contributed by atoms with Gasteiger partial charge in [0, 0.05) is 13.0 Å². The van der Waals surface area contributed by atoms with Gasteiger partial charge in [0.15, 0.2) is 0 Å². The van der Waals surface area contributed by atoms with Crippen LogP contribution in [0.25, 0.3) is 0 Å². The minimum atomic E-state index is -4.00. The molecule has 0 saturated carbocycles. The molecule has 3 N–H and O–H groups in total. The van der Waals surface area contributed by atoms with Gasteiger partial charge in [-0.15, -0.1) is 0 Å². The summed E-state index contributed by atoms with van der Waals surface area (Å²) in [6.07, 6.45) is 6.12. The van der Waals surface area contributed by atoms with E-state index in [1.807, 2.05) is 0 Å². The second-order valence-electron chi connectivity index (χ2n) is 5.16. The Kier molecular flexibility index (Phi) is 7.90. The summed E-state index contributed by atoms with van der Waals surface area (Å²) < 4.78 is 26.1. The molecule has 0 aromatic heterocycles. The maximum atomic E-state index is 11.7. The lowest BCUT2D eigenvalue weighted by molar-refractivity contribution is -0.121. The predicted molar refractivity (Wildman–Crippen MR) is 85.4 cm³/mol. The van der Waals surface area contributed by atoms with Crippen LogP contribution in [-0.4, -0.2) is 14.3 Å². The minimum absolute atomic E-state index is 0.0290. The Morgan fingerprint density at radius 2 is 1.77 bits per heavy atom. The molecule has 7 heteroatoms. The SMILES string of the molecule is CCCCCCCC(=O)NCc1ccc(OS(N)(=O)=O)cc1. The van der Waals surface area contributed by atoms with Gasteiger partial charge < -0.3 is 9.50 Å². The van der Waals surface area contributed by atoms with E-state index in [9.17, 15) is 13.2 Å². The molecule has 22 heavy (non-hydrogen) atoms. The highest BCUT2D eigenvalue weighted by molar-refractivity contribution is 7.84. The highest BCUT2D eigenvalue weighted by Crippen LogP contribution is 2.13. The molecular formula is C15H24N2O4S. The summed E-state index contributed by atoms with van der Waals surface area (Å²) in [5.41, 5.74) is 0.862. The van der Waals surface area contributed by atoms with Crippen molar-refractivity contribution < 1.29 is 17.4 Å². The van der Waals surface area contributed by atoms with Gasteiger partial charge in [0.2, 0.25) is 5.91 Å². The van der Waals surface area contributed by atoms with Gasteiger partial charge in [0.25, 0.3) is 0 Å². The number of hydrogen-bond donors (Lipinski definition) is 2. The van der Waals surface area contributed by atoms with Crippen LogP contribution in [0.15, 0.2) is 24.3 Å². The summed E-state index contributed by atoms with van der Waals surface area (Å²) in [7, 11) is -4.00. The molecule has 0 heterocycles. The van der Waals surface area contributed by atoms with E-state index < -0.39 is 10.3 Å². The molecular weight excluding hydrogens is 304 g/mol. The first kappa shape index (κ1) is 18.4. The Morgan fingerprint density at radius 1 is 1.14 bits per heavy atom. The summed E-state index contributed by atoms with van der Waals surface area (Å²) in [4.78, 5) is 11.7. The molecule has 0 aliphatic heterocycles. The fourth-order valence-electron chi connectivity index (χ4n) is 1.98. The Balaban J connectivity index is 2.28. The molecule has 1 aromatic rings. The van der Waals surface area contributed by atoms with Crippen LogP contribution >= 0.6 is 0 Å². The van der Waals surface area contributed by atoms with Gasteiger partial charge in [-0.2, -0.15) is 13.6 Å². The largest absolute Gasteiger partial charge is 0.380 e. The van der Waals surface area contributed by atoms with Gasteiger partial charge in [0.1, 0.15) is 5.75 Å². The predicted octanol–water partition coefficient (Wildman–Crippen LogP) is 2.25. The topological polar surface area (TPSA) is 98.5 Å². The fraction of sp³-hybridized carbons (Fsp3) is 0.533. The number of benzene rings is 1. The fourth-order valence-corrected chi connectivity index (χ4v) is 2.35. The van der Waals surface area contributed by atoms with Gasteiger partial charge in [-0.25, -0.2) is 0 Å². The van der Waals surface area contributed by atoms with Crippen LogP contribution in [0.5, 0.6) is 5.75 Å². The Morgan fingerprint density at radius 3 is 2.36 bits per heavy atom. The molecule has 1 amide bonds. The molecule has 0 fully saturated rings. The maximum Gasteiger partial charge on any atom is 0.380 e.